The van der Waals surface area contributed by atoms with Crippen molar-refractivity contribution in [2.45, 2.75) is 63.6 Å². The summed E-state index contributed by atoms with van der Waals surface area (Å²) in [6, 6.07) is 6.77. The molecule has 0 radical (unpaired) electrons. The van der Waals surface area contributed by atoms with Crippen LogP contribution in [0.2, 0.25) is 0 Å². The fraction of sp³-hybridized carbons (Fsp3) is 0.500. The fourth-order valence-electron chi connectivity index (χ4n) is 4.04. The number of ketones is 1. The molecule has 0 spiro atoms. The van der Waals surface area contributed by atoms with E-state index < -0.39 is 35.7 Å². The number of carbonyl (C=O) groups excluding carboxylic acids is 4. The average molecular weight is 554 g/mol. The average Bonchev–Trinajstić information content (AvgIpc) is 3.34. The smallest absolute Gasteiger partial charge is 0.243 e. The van der Waals surface area contributed by atoms with E-state index in [0.717, 1.165) is 11.8 Å². The molecular weight excluding hydrogens is 518 g/mol. The summed E-state index contributed by atoms with van der Waals surface area (Å²) in [7, 11) is 0. The van der Waals surface area contributed by atoms with Gasteiger partial charge in [-0.3, -0.25) is 24.6 Å². The number of halogens is 1. The fourth-order valence-corrected chi connectivity index (χ4v) is 4.10. The molecule has 1 aromatic carbocycles. The van der Waals surface area contributed by atoms with Crippen LogP contribution < -0.4 is 27.5 Å². The van der Waals surface area contributed by atoms with Crippen LogP contribution in [0, 0.1) is 0 Å². The zero-order chi connectivity index (χ0) is 26.5. The second kappa shape index (κ2) is 16.6. The molecular formula is C24H36ClN7O4S. The minimum absolute atomic E-state index is 0. The maximum absolute atomic E-state index is 13.4. The van der Waals surface area contributed by atoms with E-state index in [1.807, 2.05) is 30.3 Å². The Labute approximate surface area is 228 Å². The van der Waals surface area contributed by atoms with Gasteiger partial charge in [-0.15, -0.1) is 12.4 Å². The van der Waals surface area contributed by atoms with E-state index in [-0.39, 0.29) is 29.8 Å². The third kappa shape index (κ3) is 10.8. The lowest BCUT2D eigenvalue weighted by atomic mass is 10.0. The number of thiocarbonyl (C=S) groups is 1. The molecule has 13 heteroatoms. The first kappa shape index (κ1) is 31.9. The predicted octanol–water partition coefficient (Wildman–Crippen LogP) is 0.149. The van der Waals surface area contributed by atoms with Crippen molar-refractivity contribution in [3.8, 4) is 0 Å². The molecule has 37 heavy (non-hydrogen) atoms. The summed E-state index contributed by atoms with van der Waals surface area (Å²) >= 11 is 4.67. The summed E-state index contributed by atoms with van der Waals surface area (Å²) in [5.74, 6) is -1.55. The first-order chi connectivity index (χ1) is 17.2. The molecule has 0 aliphatic carbocycles. The molecule has 1 aliphatic heterocycles. The van der Waals surface area contributed by atoms with Gasteiger partial charge in [-0.05, 0) is 56.4 Å². The molecule has 1 aromatic rings. The first-order valence-corrected chi connectivity index (χ1v) is 12.4. The van der Waals surface area contributed by atoms with Gasteiger partial charge in [0.15, 0.2) is 10.9 Å². The van der Waals surface area contributed by atoms with Crippen molar-refractivity contribution >= 4 is 59.5 Å². The normalized spacial score (nSPS) is 16.4. The van der Waals surface area contributed by atoms with Crippen LogP contribution in [0.4, 0.5) is 0 Å². The van der Waals surface area contributed by atoms with Gasteiger partial charge in [0.2, 0.25) is 17.7 Å². The van der Waals surface area contributed by atoms with Crippen molar-refractivity contribution < 1.29 is 19.2 Å². The molecule has 0 saturated carbocycles. The number of nitrogens with zero attached hydrogens (tertiary/aromatic N) is 2. The van der Waals surface area contributed by atoms with Crippen LogP contribution in [0.1, 0.15) is 44.6 Å². The summed E-state index contributed by atoms with van der Waals surface area (Å²) in [4.78, 5) is 52.6. The Morgan fingerprint density at radius 1 is 1.16 bits per heavy atom. The number of hydrogen-bond acceptors (Lipinski definition) is 7. The van der Waals surface area contributed by atoms with E-state index in [2.05, 4.69) is 33.4 Å². The third-order valence-corrected chi connectivity index (χ3v) is 5.94. The van der Waals surface area contributed by atoms with Crippen molar-refractivity contribution in [2.24, 2.45) is 16.6 Å². The zero-order valence-electron chi connectivity index (χ0n) is 20.9. The number of nitrogens with two attached hydrogens (primary N) is 2. The van der Waals surface area contributed by atoms with Gasteiger partial charge in [0.1, 0.15) is 12.1 Å². The Bertz CT molecular complexity index is 964. The van der Waals surface area contributed by atoms with Gasteiger partial charge in [0.05, 0.1) is 12.3 Å². The van der Waals surface area contributed by atoms with Crippen LogP contribution in [0.25, 0.3) is 0 Å². The molecule has 1 heterocycles. The number of carbonyl (C=O) groups is 4. The number of benzene rings is 1. The topological polar surface area (TPSA) is 172 Å². The van der Waals surface area contributed by atoms with E-state index in [1.165, 1.54) is 11.8 Å². The number of nitrogens with one attached hydrogen (secondary N) is 3. The number of amides is 3. The van der Waals surface area contributed by atoms with Crippen LogP contribution in [-0.4, -0.2) is 70.9 Å². The Balaban J connectivity index is 0.00000684. The van der Waals surface area contributed by atoms with Crippen molar-refractivity contribution in [1.29, 1.82) is 0 Å². The SMILES string of the molecule is CC(=O)N1CCC[C@H]1C(=O)N[C@@H](Cc1ccccc1)C(=O)N[C@@H](CCCCN)C(=O)/C=N/NC(N)=S.Cl. The Hall–Kier alpha value is -3.09. The highest BCUT2D eigenvalue weighted by atomic mass is 35.5. The van der Waals surface area contributed by atoms with Crippen LogP contribution in [0.15, 0.2) is 35.4 Å². The van der Waals surface area contributed by atoms with E-state index in [4.69, 9.17) is 11.5 Å². The molecule has 0 bridgehead atoms. The standard InChI is InChI=1S/C24H35N7O4S.ClH/c1-16(32)31-13-7-11-20(31)23(35)29-19(14-17-8-3-2-4-9-17)22(34)28-18(10-5-6-12-25)21(33)15-27-30-24(26)36;/h2-4,8-9,15,18-20H,5-7,10-14,25H2,1H3,(H,28,34)(H,29,35)(H3,26,30,36);1H/b27-15+;/t18-,19-,20-;/m0./s1. The van der Waals surface area contributed by atoms with Gasteiger partial charge in [-0.2, -0.15) is 5.10 Å². The van der Waals surface area contributed by atoms with Crippen LogP contribution in [0.3, 0.4) is 0 Å². The number of likely N-dealkylation sites (tertiary alicyclic amines) is 1. The summed E-state index contributed by atoms with van der Waals surface area (Å²) < 4.78 is 0. The van der Waals surface area contributed by atoms with E-state index in [9.17, 15) is 19.2 Å². The van der Waals surface area contributed by atoms with E-state index in [1.54, 1.807) is 0 Å². The minimum atomic E-state index is -0.953. The quantitative estimate of drug-likeness (QED) is 0.0993. The van der Waals surface area contributed by atoms with E-state index >= 15 is 0 Å². The van der Waals surface area contributed by atoms with Gasteiger partial charge in [-0.25, -0.2) is 0 Å². The third-order valence-electron chi connectivity index (χ3n) is 5.85. The summed E-state index contributed by atoms with van der Waals surface area (Å²) in [5.41, 5.74) is 14.0. The summed E-state index contributed by atoms with van der Waals surface area (Å²) in [5, 5.41) is 9.16. The lowest BCUT2D eigenvalue weighted by molar-refractivity contribution is -0.138. The molecule has 0 unspecified atom stereocenters. The van der Waals surface area contributed by atoms with Crippen molar-refractivity contribution in [2.75, 3.05) is 13.1 Å². The van der Waals surface area contributed by atoms with Crippen LogP contribution in [0.5, 0.6) is 0 Å². The largest absolute Gasteiger partial charge is 0.375 e. The van der Waals surface area contributed by atoms with Gasteiger partial charge < -0.3 is 27.0 Å². The minimum Gasteiger partial charge on any atom is -0.375 e. The van der Waals surface area contributed by atoms with Crippen molar-refractivity contribution in [1.82, 2.24) is 21.0 Å². The second-order valence-electron chi connectivity index (χ2n) is 8.60. The molecule has 3 amide bonds. The molecule has 1 saturated heterocycles. The molecule has 7 N–H and O–H groups in total. The van der Waals surface area contributed by atoms with Gasteiger partial charge >= 0.3 is 0 Å². The molecule has 0 aromatic heterocycles. The lowest BCUT2D eigenvalue weighted by Crippen LogP contribution is -2.56. The first-order valence-electron chi connectivity index (χ1n) is 12.0. The maximum Gasteiger partial charge on any atom is 0.243 e. The molecule has 1 fully saturated rings. The lowest BCUT2D eigenvalue weighted by Gasteiger charge is -2.26. The van der Waals surface area contributed by atoms with Crippen molar-refractivity contribution in [3.05, 3.63) is 35.9 Å². The van der Waals surface area contributed by atoms with Crippen LogP contribution in [-0.2, 0) is 25.6 Å². The summed E-state index contributed by atoms with van der Waals surface area (Å²) in [6.07, 6.45) is 4.09. The Morgan fingerprint density at radius 2 is 1.86 bits per heavy atom. The Morgan fingerprint density at radius 3 is 2.49 bits per heavy atom. The highest BCUT2D eigenvalue weighted by Gasteiger charge is 2.35. The molecule has 204 valence electrons. The highest BCUT2D eigenvalue weighted by molar-refractivity contribution is 7.80. The van der Waals surface area contributed by atoms with E-state index in [0.29, 0.717) is 45.2 Å². The molecule has 2 rings (SSSR count). The maximum atomic E-state index is 13.4. The zero-order valence-corrected chi connectivity index (χ0v) is 22.5. The van der Waals surface area contributed by atoms with Gasteiger partial charge in [0, 0.05) is 19.9 Å². The number of unbranched alkanes of at least 4 members (excludes halogenated alkanes) is 1. The predicted molar refractivity (Wildman–Crippen MR) is 148 cm³/mol. The van der Waals surface area contributed by atoms with Gasteiger partial charge in [-0.1, -0.05) is 30.3 Å². The van der Waals surface area contributed by atoms with Gasteiger partial charge in [0.25, 0.3) is 0 Å². The number of hydrogen-bond donors (Lipinski definition) is 5. The molecule has 3 atom stereocenters. The van der Waals surface area contributed by atoms with Crippen molar-refractivity contribution in [3.63, 3.8) is 0 Å². The monoisotopic (exact) mass is 553 g/mol. The molecule has 1 aliphatic rings. The number of hydrazone groups is 1. The second-order valence-corrected chi connectivity index (χ2v) is 9.04. The number of Topliss-reactive ketones (excluding diaryl/α,β-unsaturated/α-hetero) is 1. The Kier molecular flexibility index (Phi) is 14.3. The number of rotatable bonds is 13. The highest BCUT2D eigenvalue weighted by Crippen LogP contribution is 2.18. The summed E-state index contributed by atoms with van der Waals surface area (Å²) in [6.45, 7) is 2.37. The molecule has 11 nitrogen and oxygen atoms in total. The van der Waals surface area contributed by atoms with Crippen LogP contribution >= 0.6 is 24.6 Å².